The highest BCUT2D eigenvalue weighted by Gasteiger charge is 2.26. The molecule has 1 aliphatic rings. The van der Waals surface area contributed by atoms with Crippen molar-refractivity contribution < 1.29 is 24.5 Å². The van der Waals surface area contributed by atoms with E-state index in [0.29, 0.717) is 11.3 Å². The molecule has 0 aliphatic carbocycles. The molecule has 2 rings (SSSR count). The van der Waals surface area contributed by atoms with Gasteiger partial charge in [-0.25, -0.2) is 9.59 Å². The van der Waals surface area contributed by atoms with Gasteiger partial charge in [0.2, 0.25) is 0 Å². The first kappa shape index (κ1) is 11.2. The maximum absolute atomic E-state index is 11.2. The van der Waals surface area contributed by atoms with Crippen LogP contribution in [0.15, 0.2) is 29.8 Å². The third-order valence-electron chi connectivity index (χ3n) is 2.54. The molecule has 1 aliphatic heterocycles. The Kier molecular flexibility index (Phi) is 2.82. The molecule has 0 aromatic heterocycles. The summed E-state index contributed by atoms with van der Waals surface area (Å²) in [6.07, 6.45) is 0.0750. The number of fused-ring (bicyclic) bond motifs is 1. The number of hydrogen-bond donors (Lipinski definition) is 2. The quantitative estimate of drug-likeness (QED) is 0.807. The first-order valence-corrected chi connectivity index (χ1v) is 5.03. The number of benzene rings is 1. The number of carboxylic acids is 2. The van der Waals surface area contributed by atoms with Gasteiger partial charge in [-0.1, -0.05) is 18.2 Å². The Bertz CT molecular complexity index is 515. The molecule has 0 saturated heterocycles. The van der Waals surface area contributed by atoms with Gasteiger partial charge in [0.15, 0.2) is 0 Å². The van der Waals surface area contributed by atoms with E-state index >= 15 is 0 Å². The van der Waals surface area contributed by atoms with E-state index in [1.54, 1.807) is 24.3 Å². The summed E-state index contributed by atoms with van der Waals surface area (Å²) in [4.78, 5) is 22.3. The van der Waals surface area contributed by atoms with E-state index < -0.39 is 11.9 Å². The number of hydrogen-bond acceptors (Lipinski definition) is 3. The number of carboxylic acid groups (broad SMARTS) is 2. The third kappa shape index (κ3) is 1.99. The van der Waals surface area contributed by atoms with Crippen molar-refractivity contribution in [2.24, 2.45) is 0 Å². The van der Waals surface area contributed by atoms with Crippen molar-refractivity contribution >= 4 is 17.5 Å². The van der Waals surface area contributed by atoms with Crippen LogP contribution in [0.4, 0.5) is 0 Å². The Morgan fingerprint density at radius 2 is 1.82 bits per heavy atom. The van der Waals surface area contributed by atoms with Crippen LogP contribution in [0.25, 0.3) is 5.57 Å². The zero-order valence-electron chi connectivity index (χ0n) is 8.84. The molecule has 0 fully saturated rings. The molecule has 5 heteroatoms. The van der Waals surface area contributed by atoms with Crippen molar-refractivity contribution in [2.45, 2.75) is 6.42 Å². The number of aliphatic carboxylic acids is 2. The van der Waals surface area contributed by atoms with E-state index in [2.05, 4.69) is 0 Å². The Balaban J connectivity index is 2.69. The first-order valence-electron chi connectivity index (χ1n) is 5.03. The van der Waals surface area contributed by atoms with Gasteiger partial charge in [-0.15, -0.1) is 0 Å². The van der Waals surface area contributed by atoms with Gasteiger partial charge in [0, 0.05) is 12.0 Å². The Morgan fingerprint density at radius 3 is 2.47 bits per heavy atom. The van der Waals surface area contributed by atoms with Crippen molar-refractivity contribution in [3.05, 3.63) is 35.4 Å². The van der Waals surface area contributed by atoms with Gasteiger partial charge in [-0.3, -0.25) is 0 Å². The van der Waals surface area contributed by atoms with Gasteiger partial charge >= 0.3 is 11.9 Å². The van der Waals surface area contributed by atoms with Crippen molar-refractivity contribution in [1.82, 2.24) is 0 Å². The predicted octanol–water partition coefficient (Wildman–Crippen LogP) is 1.39. The van der Waals surface area contributed by atoms with Gasteiger partial charge in [0.1, 0.15) is 5.75 Å². The number of para-hydroxylation sites is 1. The summed E-state index contributed by atoms with van der Waals surface area (Å²) < 4.78 is 5.34. The molecule has 0 amide bonds. The summed E-state index contributed by atoms with van der Waals surface area (Å²) in [5, 5.41) is 18.2. The fraction of sp³-hybridized carbons (Fsp3) is 0.167. The molecule has 2 N–H and O–H groups in total. The maximum atomic E-state index is 11.2. The van der Waals surface area contributed by atoms with E-state index in [4.69, 9.17) is 14.9 Å². The number of carbonyl (C=O) groups is 2. The van der Waals surface area contributed by atoms with Crippen molar-refractivity contribution in [1.29, 1.82) is 0 Å². The lowest BCUT2D eigenvalue weighted by Gasteiger charge is -2.07. The first-order chi connectivity index (χ1) is 8.11. The lowest BCUT2D eigenvalue weighted by molar-refractivity contribution is -0.134. The molecule has 0 radical (unpaired) electrons. The molecule has 0 atom stereocenters. The normalized spacial score (nSPS) is 14.6. The van der Waals surface area contributed by atoms with Crippen LogP contribution in [0.2, 0.25) is 0 Å². The van der Waals surface area contributed by atoms with E-state index in [0.717, 1.165) is 0 Å². The second-order valence-electron chi connectivity index (χ2n) is 3.56. The van der Waals surface area contributed by atoms with Crippen LogP contribution in [-0.2, 0) is 9.59 Å². The molecular weight excluding hydrogens is 224 g/mol. The average molecular weight is 234 g/mol. The van der Waals surface area contributed by atoms with Crippen molar-refractivity contribution in [3.8, 4) is 5.75 Å². The molecule has 1 aromatic rings. The summed E-state index contributed by atoms with van der Waals surface area (Å²) in [6.45, 7) is 0.162. The van der Waals surface area contributed by atoms with E-state index in [1.807, 2.05) is 0 Å². The van der Waals surface area contributed by atoms with E-state index in [9.17, 15) is 9.59 Å². The smallest absolute Gasteiger partial charge is 0.336 e. The SMILES string of the molecule is O=C(O)C1=C(C(=O)O)c2ccccc2OCC1. The lowest BCUT2D eigenvalue weighted by atomic mass is 9.98. The van der Waals surface area contributed by atoms with Crippen LogP contribution in [0, 0.1) is 0 Å². The zero-order chi connectivity index (χ0) is 12.4. The zero-order valence-corrected chi connectivity index (χ0v) is 8.84. The highest BCUT2D eigenvalue weighted by atomic mass is 16.5. The number of rotatable bonds is 2. The molecule has 88 valence electrons. The van der Waals surface area contributed by atoms with E-state index in [-0.39, 0.29) is 24.2 Å². The van der Waals surface area contributed by atoms with Gasteiger partial charge in [-0.2, -0.15) is 0 Å². The fourth-order valence-corrected chi connectivity index (χ4v) is 1.81. The molecule has 0 saturated carbocycles. The largest absolute Gasteiger partial charge is 0.493 e. The molecule has 0 bridgehead atoms. The highest BCUT2D eigenvalue weighted by Crippen LogP contribution is 2.32. The minimum absolute atomic E-state index is 0.0750. The molecule has 17 heavy (non-hydrogen) atoms. The van der Waals surface area contributed by atoms with E-state index in [1.165, 1.54) is 0 Å². The predicted molar refractivity (Wildman–Crippen MR) is 58.7 cm³/mol. The Hall–Kier alpha value is -2.30. The molecular formula is C12H10O5. The van der Waals surface area contributed by atoms with Crippen molar-refractivity contribution in [2.75, 3.05) is 6.61 Å². The molecule has 1 heterocycles. The van der Waals surface area contributed by atoms with Crippen molar-refractivity contribution in [3.63, 3.8) is 0 Å². The van der Waals surface area contributed by atoms with Gasteiger partial charge in [0.05, 0.1) is 17.8 Å². The van der Waals surface area contributed by atoms with Crippen LogP contribution in [-0.4, -0.2) is 28.8 Å². The third-order valence-corrected chi connectivity index (χ3v) is 2.54. The van der Waals surface area contributed by atoms with Crippen LogP contribution in [0.1, 0.15) is 12.0 Å². The van der Waals surface area contributed by atoms with Gasteiger partial charge < -0.3 is 14.9 Å². The standard InChI is InChI=1S/C12H10O5/c13-11(14)8-5-6-17-9-4-2-1-3-7(9)10(8)12(15)16/h1-4H,5-6H2,(H,13,14)(H,15,16). The molecule has 0 unspecified atom stereocenters. The Morgan fingerprint density at radius 1 is 1.12 bits per heavy atom. The van der Waals surface area contributed by atoms with Crippen LogP contribution in [0.5, 0.6) is 5.75 Å². The summed E-state index contributed by atoms with van der Waals surface area (Å²) >= 11 is 0. The van der Waals surface area contributed by atoms with Gasteiger partial charge in [0.25, 0.3) is 0 Å². The second kappa shape index (κ2) is 4.29. The van der Waals surface area contributed by atoms with Gasteiger partial charge in [-0.05, 0) is 6.07 Å². The average Bonchev–Trinajstić information content (AvgIpc) is 2.47. The monoisotopic (exact) mass is 234 g/mol. The summed E-state index contributed by atoms with van der Waals surface area (Å²) in [7, 11) is 0. The van der Waals surface area contributed by atoms with Crippen LogP contribution >= 0.6 is 0 Å². The fourth-order valence-electron chi connectivity index (χ4n) is 1.81. The second-order valence-corrected chi connectivity index (χ2v) is 3.56. The summed E-state index contributed by atoms with van der Waals surface area (Å²) in [6, 6.07) is 6.54. The maximum Gasteiger partial charge on any atom is 0.336 e. The lowest BCUT2D eigenvalue weighted by Crippen LogP contribution is -2.10. The topological polar surface area (TPSA) is 83.8 Å². The minimum Gasteiger partial charge on any atom is -0.493 e. The summed E-state index contributed by atoms with van der Waals surface area (Å²) in [5.41, 5.74) is 0.00273. The highest BCUT2D eigenvalue weighted by molar-refractivity contribution is 6.22. The summed E-state index contributed by atoms with van der Waals surface area (Å²) in [5.74, 6) is -2.07. The molecule has 5 nitrogen and oxygen atoms in total. The number of ether oxygens (including phenoxy) is 1. The van der Waals surface area contributed by atoms with Crippen LogP contribution < -0.4 is 4.74 Å². The molecule has 0 spiro atoms. The van der Waals surface area contributed by atoms with Crippen LogP contribution in [0.3, 0.4) is 0 Å². The Labute approximate surface area is 97.0 Å². The molecule has 1 aromatic carbocycles. The minimum atomic E-state index is -1.25.